The molecule has 1 fully saturated rings. The zero-order chi connectivity index (χ0) is 32.0. The van der Waals surface area contributed by atoms with Crippen LogP contribution in [0, 0.1) is 5.92 Å². The molecular weight excluding hydrogens is 603 g/mol. The Morgan fingerprint density at radius 1 is 1.11 bits per heavy atom. The van der Waals surface area contributed by atoms with E-state index in [1.54, 1.807) is 11.3 Å². The van der Waals surface area contributed by atoms with E-state index in [-0.39, 0.29) is 12.0 Å². The van der Waals surface area contributed by atoms with Gasteiger partial charge in [0.25, 0.3) is 0 Å². The number of esters is 1. The van der Waals surface area contributed by atoms with Crippen molar-refractivity contribution in [2.24, 2.45) is 5.92 Å². The highest BCUT2D eigenvalue weighted by molar-refractivity contribution is 7.07. The lowest BCUT2D eigenvalue weighted by Crippen LogP contribution is -2.30. The van der Waals surface area contributed by atoms with E-state index in [1.807, 2.05) is 49.8 Å². The van der Waals surface area contributed by atoms with Crippen molar-refractivity contribution in [1.82, 2.24) is 24.7 Å². The van der Waals surface area contributed by atoms with Crippen LogP contribution < -0.4 is 10.6 Å². The van der Waals surface area contributed by atoms with Crippen LogP contribution in [-0.2, 0) is 27.5 Å². The van der Waals surface area contributed by atoms with E-state index in [0.29, 0.717) is 43.8 Å². The predicted octanol–water partition coefficient (Wildman–Crippen LogP) is 7.58. The molecule has 1 saturated carbocycles. The van der Waals surface area contributed by atoms with Crippen LogP contribution >= 0.6 is 11.3 Å². The second kappa shape index (κ2) is 14.4. The Bertz CT molecular complexity index is 1550. The van der Waals surface area contributed by atoms with E-state index in [2.05, 4.69) is 47.1 Å². The molecule has 0 amide bonds. The average molecular weight is 650 g/mol. The fourth-order valence-electron chi connectivity index (χ4n) is 5.40. The lowest BCUT2D eigenvalue weighted by molar-refractivity contribution is -0.156. The van der Waals surface area contributed by atoms with Crippen LogP contribution in [0.1, 0.15) is 58.4 Å². The van der Waals surface area contributed by atoms with Gasteiger partial charge in [-0.25, -0.2) is 14.6 Å². The molecule has 10 nitrogen and oxygen atoms in total. The van der Waals surface area contributed by atoms with Crippen LogP contribution in [-0.4, -0.2) is 57.0 Å². The maximum atomic E-state index is 12.3. The Hall–Kier alpha value is -3.35. The number of carbonyl (C=O) groups is 1. The number of ether oxygens (including phenoxy) is 2. The molecule has 5 rings (SSSR count). The third-order valence-electron chi connectivity index (χ3n) is 7.80. The van der Waals surface area contributed by atoms with E-state index in [9.17, 15) is 4.79 Å². The molecule has 45 heavy (non-hydrogen) atoms. The van der Waals surface area contributed by atoms with Crippen molar-refractivity contribution in [2.45, 2.75) is 103 Å². The number of rotatable bonds is 13. The van der Waals surface area contributed by atoms with Gasteiger partial charge in [-0.05, 0) is 92.9 Å². The number of thiophene rings is 1. The van der Waals surface area contributed by atoms with Gasteiger partial charge in [0, 0.05) is 39.9 Å². The van der Waals surface area contributed by atoms with Gasteiger partial charge in [-0.15, -0.1) is 0 Å². The summed E-state index contributed by atoms with van der Waals surface area (Å²) in [7, 11) is -1.22. The summed E-state index contributed by atoms with van der Waals surface area (Å²) in [5, 5.41) is 16.9. The molecule has 0 saturated heterocycles. The van der Waals surface area contributed by atoms with Crippen LogP contribution in [0.25, 0.3) is 22.4 Å². The summed E-state index contributed by atoms with van der Waals surface area (Å²) >= 11 is 1.68. The fraction of sp³-hybridized carbons (Fsp3) is 0.545. The van der Waals surface area contributed by atoms with Crippen LogP contribution in [0.2, 0.25) is 25.7 Å². The van der Waals surface area contributed by atoms with Crippen LogP contribution in [0.3, 0.4) is 0 Å². The molecule has 0 aliphatic heterocycles. The molecule has 242 valence electrons. The number of nitrogens with one attached hydrogen (secondary N) is 2. The molecule has 0 unspecified atom stereocenters. The number of nitrogens with zero attached hydrogens (tertiary/aromatic N) is 5. The van der Waals surface area contributed by atoms with Gasteiger partial charge in [0.1, 0.15) is 23.8 Å². The minimum atomic E-state index is -1.22. The molecule has 0 atom stereocenters. The minimum absolute atomic E-state index is 0.109. The standard InChI is InChI=1S/C33H47N7O3SSi/c1-33(2,3)43-29(41)18-23-10-12-25(13-11-23)36-32-35-20-26-30(39-40(31(26)38-32)22-42-15-17-45(4,5)6)27-8-7-9-28(37-27)34-19-24-14-16-44-21-24/h7-9,14,16,20-21,23,25H,10-13,15,17-19,22H2,1-6H3,(H,34,37)(H,35,36,38). The SMILES string of the molecule is CC(C)(C)OC(=O)CC1CCC(Nc2ncc3c(-c4cccc(NCc5ccsc5)n4)nn(COCC[Si](C)(C)C)c3n2)CC1. The van der Waals surface area contributed by atoms with Gasteiger partial charge >= 0.3 is 5.97 Å². The second-order valence-electron chi connectivity index (χ2n) is 14.2. The molecular formula is C33H47N7O3SSi. The van der Waals surface area contributed by atoms with Crippen molar-refractivity contribution >= 4 is 48.2 Å². The first-order valence-electron chi connectivity index (χ1n) is 15.9. The van der Waals surface area contributed by atoms with Crippen LogP contribution in [0.5, 0.6) is 0 Å². The van der Waals surface area contributed by atoms with Crippen molar-refractivity contribution in [3.05, 3.63) is 46.8 Å². The molecule has 0 spiro atoms. The van der Waals surface area contributed by atoms with Gasteiger partial charge in [-0.1, -0.05) is 25.7 Å². The van der Waals surface area contributed by atoms with Gasteiger partial charge in [0.15, 0.2) is 5.65 Å². The molecule has 4 aromatic rings. The number of hydrogen-bond donors (Lipinski definition) is 2. The fourth-order valence-corrected chi connectivity index (χ4v) is 6.83. The first-order chi connectivity index (χ1) is 21.4. The average Bonchev–Trinajstić information content (AvgIpc) is 3.62. The van der Waals surface area contributed by atoms with Crippen molar-refractivity contribution in [1.29, 1.82) is 0 Å². The normalized spacial score (nSPS) is 17.4. The summed E-state index contributed by atoms with van der Waals surface area (Å²) in [6.07, 6.45) is 6.16. The maximum absolute atomic E-state index is 12.3. The summed E-state index contributed by atoms with van der Waals surface area (Å²) in [4.78, 5) is 26.8. The third kappa shape index (κ3) is 9.82. The Labute approximate surface area is 271 Å². The Balaban J connectivity index is 1.30. The largest absolute Gasteiger partial charge is 0.460 e. The molecule has 0 bridgehead atoms. The summed E-state index contributed by atoms with van der Waals surface area (Å²) in [5.41, 5.74) is 2.98. The monoisotopic (exact) mass is 649 g/mol. The molecule has 1 aliphatic rings. The predicted molar refractivity (Wildman–Crippen MR) is 184 cm³/mol. The minimum Gasteiger partial charge on any atom is -0.460 e. The van der Waals surface area contributed by atoms with Gasteiger partial charge < -0.3 is 20.1 Å². The molecule has 4 heterocycles. The first-order valence-corrected chi connectivity index (χ1v) is 20.6. The Morgan fingerprint density at radius 2 is 1.91 bits per heavy atom. The van der Waals surface area contributed by atoms with Gasteiger partial charge in [-0.2, -0.15) is 21.4 Å². The van der Waals surface area contributed by atoms with Crippen LogP contribution in [0.15, 0.2) is 41.2 Å². The molecule has 0 aromatic carbocycles. The topological polar surface area (TPSA) is 116 Å². The number of carbonyl (C=O) groups excluding carboxylic acids is 1. The maximum Gasteiger partial charge on any atom is 0.306 e. The highest BCUT2D eigenvalue weighted by Gasteiger charge is 2.26. The molecule has 2 N–H and O–H groups in total. The number of fused-ring (bicyclic) bond motifs is 1. The summed E-state index contributed by atoms with van der Waals surface area (Å²) < 4.78 is 13.5. The van der Waals surface area contributed by atoms with Crippen molar-refractivity contribution in [2.75, 3.05) is 17.2 Å². The Kier molecular flexibility index (Phi) is 10.6. The lowest BCUT2D eigenvalue weighted by atomic mass is 9.84. The Morgan fingerprint density at radius 3 is 2.62 bits per heavy atom. The summed E-state index contributed by atoms with van der Waals surface area (Å²) in [6.45, 7) is 14.5. The van der Waals surface area contributed by atoms with Crippen molar-refractivity contribution < 1.29 is 14.3 Å². The van der Waals surface area contributed by atoms with Crippen LogP contribution in [0.4, 0.5) is 11.8 Å². The molecule has 1 aliphatic carbocycles. The smallest absolute Gasteiger partial charge is 0.306 e. The molecule has 4 aromatic heterocycles. The highest BCUT2D eigenvalue weighted by Crippen LogP contribution is 2.31. The van der Waals surface area contributed by atoms with E-state index in [0.717, 1.165) is 54.3 Å². The summed E-state index contributed by atoms with van der Waals surface area (Å²) in [5.74, 6) is 1.60. The zero-order valence-electron chi connectivity index (χ0n) is 27.4. The first kappa shape index (κ1) is 33.0. The number of aromatic nitrogens is 5. The number of hydrogen-bond acceptors (Lipinski definition) is 10. The third-order valence-corrected chi connectivity index (χ3v) is 10.2. The number of pyridine rings is 1. The summed E-state index contributed by atoms with van der Waals surface area (Å²) in [6, 6.07) is 9.36. The lowest BCUT2D eigenvalue weighted by Gasteiger charge is -2.29. The highest BCUT2D eigenvalue weighted by atomic mass is 32.1. The van der Waals surface area contributed by atoms with Crippen molar-refractivity contribution in [3.8, 4) is 11.4 Å². The van der Waals surface area contributed by atoms with E-state index >= 15 is 0 Å². The molecule has 0 radical (unpaired) electrons. The second-order valence-corrected chi connectivity index (χ2v) is 20.6. The van der Waals surface area contributed by atoms with Gasteiger partial charge in [-0.3, -0.25) is 4.79 Å². The van der Waals surface area contributed by atoms with E-state index < -0.39 is 13.7 Å². The van der Waals surface area contributed by atoms with E-state index in [4.69, 9.17) is 29.5 Å². The molecule has 12 heteroatoms. The number of anilines is 2. The van der Waals surface area contributed by atoms with Gasteiger partial charge in [0.2, 0.25) is 5.95 Å². The van der Waals surface area contributed by atoms with Crippen molar-refractivity contribution in [3.63, 3.8) is 0 Å². The quantitative estimate of drug-likeness (QED) is 0.0859. The van der Waals surface area contributed by atoms with Gasteiger partial charge in [0.05, 0.1) is 11.1 Å². The van der Waals surface area contributed by atoms with E-state index in [1.165, 1.54) is 5.56 Å². The zero-order valence-corrected chi connectivity index (χ0v) is 29.2.